The van der Waals surface area contributed by atoms with Crippen molar-refractivity contribution in [3.05, 3.63) is 29.8 Å². The molecule has 1 amide bonds. The van der Waals surface area contributed by atoms with Crippen molar-refractivity contribution in [3.8, 4) is 0 Å². The van der Waals surface area contributed by atoms with E-state index in [1.54, 1.807) is 11.9 Å². The Labute approximate surface area is 113 Å². The van der Waals surface area contributed by atoms with Crippen LogP contribution in [0.3, 0.4) is 0 Å². The van der Waals surface area contributed by atoms with Crippen LogP contribution in [0.15, 0.2) is 24.3 Å². The predicted octanol–water partition coefficient (Wildman–Crippen LogP) is 1.50. The minimum atomic E-state index is -0.0186. The van der Waals surface area contributed by atoms with E-state index in [-0.39, 0.29) is 5.91 Å². The molecule has 0 heterocycles. The maximum Gasteiger partial charge on any atom is 0.253 e. The van der Waals surface area contributed by atoms with Gasteiger partial charge < -0.3 is 15.5 Å². The standard InChI is InChI=1S/C13H19N3OS/c1-15(2)11-6-4-5-10(9-11)13(17)16(3)8-7-12(14)18/h4-6,9H,7-8H2,1-3H3,(H2,14,18). The molecule has 0 aliphatic carbocycles. The summed E-state index contributed by atoms with van der Waals surface area (Å²) in [5.74, 6) is -0.0186. The van der Waals surface area contributed by atoms with Crippen LogP contribution in [0, 0.1) is 0 Å². The summed E-state index contributed by atoms with van der Waals surface area (Å²) in [5, 5.41) is 0. The zero-order chi connectivity index (χ0) is 13.7. The normalized spacial score (nSPS) is 9.94. The summed E-state index contributed by atoms with van der Waals surface area (Å²) in [6.07, 6.45) is 0.547. The maximum atomic E-state index is 12.2. The Bertz CT molecular complexity index is 446. The van der Waals surface area contributed by atoms with E-state index >= 15 is 0 Å². The van der Waals surface area contributed by atoms with E-state index in [2.05, 4.69) is 0 Å². The maximum absolute atomic E-state index is 12.2. The molecule has 0 unspecified atom stereocenters. The summed E-state index contributed by atoms with van der Waals surface area (Å²) in [7, 11) is 5.64. The lowest BCUT2D eigenvalue weighted by molar-refractivity contribution is 0.0799. The highest BCUT2D eigenvalue weighted by Gasteiger charge is 2.12. The summed E-state index contributed by atoms with van der Waals surface area (Å²) in [5.41, 5.74) is 7.11. The Kier molecular flexibility index (Phi) is 5.09. The second-order valence-corrected chi connectivity index (χ2v) is 4.91. The number of anilines is 1. The summed E-state index contributed by atoms with van der Waals surface area (Å²) < 4.78 is 0. The van der Waals surface area contributed by atoms with Gasteiger partial charge in [0.1, 0.15) is 0 Å². The highest BCUT2D eigenvalue weighted by molar-refractivity contribution is 7.80. The summed E-state index contributed by atoms with van der Waals surface area (Å²) in [6.45, 7) is 0.542. The number of nitrogens with zero attached hydrogens (tertiary/aromatic N) is 2. The second-order valence-electron chi connectivity index (χ2n) is 4.39. The fourth-order valence-corrected chi connectivity index (χ4v) is 1.61. The van der Waals surface area contributed by atoms with Crippen LogP contribution in [0.5, 0.6) is 0 Å². The number of nitrogens with two attached hydrogens (primary N) is 1. The van der Waals surface area contributed by atoms with Crippen molar-refractivity contribution in [2.45, 2.75) is 6.42 Å². The molecule has 0 fully saturated rings. The molecule has 0 aliphatic rings. The molecule has 5 heteroatoms. The molecular weight excluding hydrogens is 246 g/mol. The lowest BCUT2D eigenvalue weighted by atomic mass is 10.1. The van der Waals surface area contributed by atoms with Crippen molar-refractivity contribution in [3.63, 3.8) is 0 Å². The fraction of sp³-hybridized carbons (Fsp3) is 0.385. The second kappa shape index (κ2) is 6.35. The van der Waals surface area contributed by atoms with E-state index in [0.717, 1.165) is 5.69 Å². The third kappa shape index (κ3) is 4.00. The van der Waals surface area contributed by atoms with E-state index in [0.29, 0.717) is 23.5 Å². The molecule has 4 nitrogen and oxygen atoms in total. The van der Waals surface area contributed by atoms with Crippen molar-refractivity contribution < 1.29 is 4.79 Å². The molecule has 2 N–H and O–H groups in total. The molecule has 98 valence electrons. The molecule has 1 aromatic carbocycles. The molecule has 0 aliphatic heterocycles. The van der Waals surface area contributed by atoms with Crippen LogP contribution >= 0.6 is 12.2 Å². The molecule has 0 atom stereocenters. The number of thiocarbonyl (C=S) groups is 1. The highest BCUT2D eigenvalue weighted by Crippen LogP contribution is 2.14. The predicted molar refractivity (Wildman–Crippen MR) is 79.1 cm³/mol. The number of amides is 1. The van der Waals surface area contributed by atoms with Gasteiger partial charge in [0.2, 0.25) is 0 Å². The lowest BCUT2D eigenvalue weighted by Gasteiger charge is -2.18. The van der Waals surface area contributed by atoms with E-state index in [9.17, 15) is 4.79 Å². The van der Waals surface area contributed by atoms with Gasteiger partial charge in [-0.3, -0.25) is 4.79 Å². The first kappa shape index (κ1) is 14.4. The van der Waals surface area contributed by atoms with Crippen LogP contribution in [0.1, 0.15) is 16.8 Å². The van der Waals surface area contributed by atoms with Gasteiger partial charge in [0.25, 0.3) is 5.91 Å². The van der Waals surface area contributed by atoms with Gasteiger partial charge in [0.05, 0.1) is 4.99 Å². The van der Waals surface area contributed by atoms with E-state index in [1.165, 1.54) is 0 Å². The number of hydrogen-bond acceptors (Lipinski definition) is 3. The van der Waals surface area contributed by atoms with Crippen LogP contribution in [0.2, 0.25) is 0 Å². The van der Waals surface area contributed by atoms with Crippen molar-refractivity contribution in [1.82, 2.24) is 4.90 Å². The molecule has 0 saturated carbocycles. The number of rotatable bonds is 5. The molecule has 0 spiro atoms. The van der Waals surface area contributed by atoms with Gasteiger partial charge in [0.15, 0.2) is 0 Å². The zero-order valence-electron chi connectivity index (χ0n) is 11.0. The molecule has 0 saturated heterocycles. The topological polar surface area (TPSA) is 49.6 Å². The molecule has 1 rings (SSSR count). The first-order chi connectivity index (χ1) is 8.41. The first-order valence-electron chi connectivity index (χ1n) is 5.73. The van der Waals surface area contributed by atoms with Crippen LogP contribution in [0.25, 0.3) is 0 Å². The number of benzene rings is 1. The van der Waals surface area contributed by atoms with E-state index in [1.807, 2.05) is 43.3 Å². The summed E-state index contributed by atoms with van der Waals surface area (Å²) in [6, 6.07) is 7.53. The monoisotopic (exact) mass is 265 g/mol. The Balaban J connectivity index is 2.77. The minimum absolute atomic E-state index is 0.0186. The van der Waals surface area contributed by atoms with Gasteiger partial charge in [-0.1, -0.05) is 18.3 Å². The quantitative estimate of drug-likeness (QED) is 0.820. The van der Waals surface area contributed by atoms with Crippen molar-refractivity contribution in [2.75, 3.05) is 32.6 Å². The number of hydrogen-bond donors (Lipinski definition) is 1. The largest absolute Gasteiger partial charge is 0.393 e. The fourth-order valence-electron chi connectivity index (χ4n) is 1.52. The SMILES string of the molecule is CN(CCC(N)=S)C(=O)c1cccc(N(C)C)c1. The molecular formula is C13H19N3OS. The third-order valence-corrected chi connectivity index (χ3v) is 2.85. The van der Waals surface area contributed by atoms with Gasteiger partial charge in [-0.15, -0.1) is 0 Å². The smallest absolute Gasteiger partial charge is 0.253 e. The third-order valence-electron chi connectivity index (χ3n) is 2.65. The Morgan fingerprint density at radius 1 is 1.33 bits per heavy atom. The summed E-state index contributed by atoms with van der Waals surface area (Å²) in [4.78, 5) is 16.2. The van der Waals surface area contributed by atoms with E-state index in [4.69, 9.17) is 18.0 Å². The van der Waals surface area contributed by atoms with Crippen molar-refractivity contribution in [1.29, 1.82) is 0 Å². The molecule has 0 radical (unpaired) electrons. The Morgan fingerprint density at radius 2 is 2.00 bits per heavy atom. The lowest BCUT2D eigenvalue weighted by Crippen LogP contribution is -2.30. The van der Waals surface area contributed by atoms with Gasteiger partial charge >= 0.3 is 0 Å². The zero-order valence-corrected chi connectivity index (χ0v) is 11.8. The van der Waals surface area contributed by atoms with Crippen molar-refractivity contribution >= 4 is 28.8 Å². The van der Waals surface area contributed by atoms with Gasteiger partial charge in [-0.25, -0.2) is 0 Å². The van der Waals surface area contributed by atoms with E-state index < -0.39 is 0 Å². The van der Waals surface area contributed by atoms with Gasteiger partial charge in [0, 0.05) is 45.4 Å². The molecule has 1 aromatic rings. The number of carbonyl (C=O) groups is 1. The van der Waals surface area contributed by atoms with Crippen LogP contribution in [-0.2, 0) is 0 Å². The highest BCUT2D eigenvalue weighted by atomic mass is 32.1. The molecule has 18 heavy (non-hydrogen) atoms. The van der Waals surface area contributed by atoms with Crippen LogP contribution in [0.4, 0.5) is 5.69 Å². The van der Waals surface area contributed by atoms with Crippen LogP contribution < -0.4 is 10.6 Å². The number of carbonyl (C=O) groups excluding carboxylic acids is 1. The van der Waals surface area contributed by atoms with Crippen molar-refractivity contribution in [2.24, 2.45) is 5.73 Å². The average molecular weight is 265 g/mol. The van der Waals surface area contributed by atoms with Crippen LogP contribution in [-0.4, -0.2) is 43.5 Å². The van der Waals surface area contributed by atoms with Gasteiger partial charge in [-0.05, 0) is 18.2 Å². The Hall–Kier alpha value is -1.62. The minimum Gasteiger partial charge on any atom is -0.393 e. The summed E-state index contributed by atoms with van der Waals surface area (Å²) >= 11 is 4.81. The molecule has 0 aromatic heterocycles. The van der Waals surface area contributed by atoms with Gasteiger partial charge in [-0.2, -0.15) is 0 Å². The average Bonchev–Trinajstić information content (AvgIpc) is 2.35. The first-order valence-corrected chi connectivity index (χ1v) is 6.14. The Morgan fingerprint density at radius 3 is 2.56 bits per heavy atom. The molecule has 0 bridgehead atoms.